The summed E-state index contributed by atoms with van der Waals surface area (Å²) < 4.78 is 0. The van der Waals surface area contributed by atoms with Gasteiger partial charge in [0.1, 0.15) is 27.8 Å². The van der Waals surface area contributed by atoms with Crippen molar-refractivity contribution in [3.05, 3.63) is 62.8 Å². The molecule has 1 aromatic heterocycles. The molecule has 0 saturated heterocycles. The number of aliphatic hydroxyl groups excluding tert-OH is 2. The SMILES string of the molecule is NC(=O)C1=C(O)C2C(=O)C3=C(O)c4c(O)cccc4[C@H](c4nccs4)[C@H]3C[C@H]2CC1=O. The van der Waals surface area contributed by atoms with Crippen LogP contribution in [-0.4, -0.2) is 37.8 Å². The average Bonchev–Trinajstić information content (AvgIpc) is 3.21. The second-order valence-corrected chi connectivity index (χ2v) is 8.97. The number of rotatable bonds is 2. The molecule has 0 radical (unpaired) electrons. The fourth-order valence-electron chi connectivity index (χ4n) is 5.31. The van der Waals surface area contributed by atoms with Crippen molar-refractivity contribution in [3.8, 4) is 5.75 Å². The van der Waals surface area contributed by atoms with Crippen LogP contribution in [-0.2, 0) is 14.4 Å². The van der Waals surface area contributed by atoms with Crippen LogP contribution in [0.3, 0.4) is 0 Å². The van der Waals surface area contributed by atoms with E-state index in [4.69, 9.17) is 5.73 Å². The van der Waals surface area contributed by atoms with E-state index in [0.717, 1.165) is 0 Å². The molecule has 1 fully saturated rings. The van der Waals surface area contributed by atoms with Crippen LogP contribution in [0.5, 0.6) is 5.75 Å². The van der Waals surface area contributed by atoms with E-state index in [2.05, 4.69) is 4.98 Å². The van der Waals surface area contributed by atoms with Crippen LogP contribution >= 0.6 is 11.3 Å². The van der Waals surface area contributed by atoms with Gasteiger partial charge < -0.3 is 21.1 Å². The molecule has 1 aromatic carbocycles. The Balaban J connectivity index is 1.74. The van der Waals surface area contributed by atoms with Crippen molar-refractivity contribution >= 4 is 34.6 Å². The molecular formula is C22H18N2O6S. The van der Waals surface area contributed by atoms with E-state index in [0.29, 0.717) is 17.0 Å². The van der Waals surface area contributed by atoms with Crippen molar-refractivity contribution in [1.82, 2.24) is 4.98 Å². The first-order valence-corrected chi connectivity index (χ1v) is 10.6. The van der Waals surface area contributed by atoms with Gasteiger partial charge in [0.2, 0.25) is 0 Å². The van der Waals surface area contributed by atoms with Crippen LogP contribution in [0.1, 0.15) is 34.9 Å². The molecule has 0 bridgehead atoms. The quantitative estimate of drug-likeness (QED) is 0.525. The third-order valence-electron chi connectivity index (χ3n) is 6.49. The molecule has 5 rings (SSSR count). The van der Waals surface area contributed by atoms with Crippen molar-refractivity contribution in [2.45, 2.75) is 18.8 Å². The zero-order valence-corrected chi connectivity index (χ0v) is 16.9. The number of allylic oxidation sites excluding steroid dienone is 2. The molecular weight excluding hydrogens is 420 g/mol. The molecule has 1 heterocycles. The highest BCUT2D eigenvalue weighted by Gasteiger charge is 2.53. The largest absolute Gasteiger partial charge is 0.511 e. The normalized spacial score (nSPS) is 27.6. The van der Waals surface area contributed by atoms with Crippen molar-refractivity contribution in [2.24, 2.45) is 23.5 Å². The Morgan fingerprint density at radius 1 is 1.16 bits per heavy atom. The van der Waals surface area contributed by atoms with E-state index in [-0.39, 0.29) is 29.1 Å². The average molecular weight is 438 g/mol. The van der Waals surface area contributed by atoms with Crippen molar-refractivity contribution < 1.29 is 29.7 Å². The van der Waals surface area contributed by atoms with Gasteiger partial charge in [-0.25, -0.2) is 4.98 Å². The smallest absolute Gasteiger partial charge is 0.255 e. The molecule has 1 amide bonds. The topological polar surface area (TPSA) is 151 Å². The molecule has 9 heteroatoms. The number of thiazole rings is 1. The summed E-state index contributed by atoms with van der Waals surface area (Å²) in [6.07, 6.45) is 1.86. The van der Waals surface area contributed by atoms with Gasteiger partial charge in [0.25, 0.3) is 5.91 Å². The molecule has 1 saturated carbocycles. The number of ketones is 2. The number of nitrogens with zero attached hydrogens (tertiary/aromatic N) is 1. The molecule has 3 aliphatic carbocycles. The summed E-state index contributed by atoms with van der Waals surface area (Å²) in [5.41, 5.74) is 5.57. The second kappa shape index (κ2) is 6.78. The molecule has 31 heavy (non-hydrogen) atoms. The summed E-state index contributed by atoms with van der Waals surface area (Å²) >= 11 is 1.40. The van der Waals surface area contributed by atoms with Gasteiger partial charge in [-0.05, 0) is 24.0 Å². The maximum absolute atomic E-state index is 13.6. The molecule has 0 spiro atoms. The highest BCUT2D eigenvalue weighted by atomic mass is 32.1. The molecule has 2 aromatic rings. The third kappa shape index (κ3) is 2.66. The Morgan fingerprint density at radius 3 is 2.61 bits per heavy atom. The van der Waals surface area contributed by atoms with Crippen LogP contribution in [0.2, 0.25) is 0 Å². The summed E-state index contributed by atoms with van der Waals surface area (Å²) in [6.45, 7) is 0. The highest BCUT2D eigenvalue weighted by Crippen LogP contribution is 2.56. The monoisotopic (exact) mass is 438 g/mol. The second-order valence-electron chi connectivity index (χ2n) is 8.05. The Hall–Kier alpha value is -3.46. The minimum atomic E-state index is -1.14. The molecule has 4 atom stereocenters. The fourth-order valence-corrected chi connectivity index (χ4v) is 6.13. The van der Waals surface area contributed by atoms with Gasteiger partial charge in [0.15, 0.2) is 11.6 Å². The molecule has 5 N–H and O–H groups in total. The lowest BCUT2D eigenvalue weighted by molar-refractivity contribution is -0.127. The lowest BCUT2D eigenvalue weighted by atomic mass is 9.59. The predicted octanol–water partition coefficient (Wildman–Crippen LogP) is 2.35. The number of aliphatic hydroxyl groups is 2. The predicted molar refractivity (Wildman–Crippen MR) is 110 cm³/mol. The number of phenolic OH excluding ortho intramolecular Hbond substituents is 1. The van der Waals surface area contributed by atoms with E-state index < -0.39 is 52.5 Å². The molecule has 0 aliphatic heterocycles. The van der Waals surface area contributed by atoms with E-state index in [1.807, 2.05) is 0 Å². The standard InChI is InChI=1S/C22H18N2O6S/c23-21(30)17-12(26)7-8-6-10-14(22-24-4-5-31-22)9-2-1-3-11(25)15(9)20(29)16(10)18(27)13(8)19(17)28/h1-5,8,10,13-14,25,28-29H,6-7H2,(H2,23,30)/t8-,10+,13?,14-/m0/s1. The fraction of sp³-hybridized carbons (Fsp3) is 0.273. The number of phenols is 1. The van der Waals surface area contributed by atoms with Gasteiger partial charge in [0.05, 0.1) is 11.5 Å². The van der Waals surface area contributed by atoms with Gasteiger partial charge in [-0.3, -0.25) is 14.4 Å². The Morgan fingerprint density at radius 2 is 1.94 bits per heavy atom. The first-order valence-electron chi connectivity index (χ1n) is 9.76. The van der Waals surface area contributed by atoms with Gasteiger partial charge >= 0.3 is 0 Å². The summed E-state index contributed by atoms with van der Waals surface area (Å²) in [5, 5.41) is 34.7. The summed E-state index contributed by atoms with van der Waals surface area (Å²) in [4.78, 5) is 42.1. The van der Waals surface area contributed by atoms with Crippen LogP contribution < -0.4 is 5.73 Å². The van der Waals surface area contributed by atoms with Crippen LogP contribution in [0, 0.1) is 17.8 Å². The number of hydrogen-bond donors (Lipinski definition) is 4. The van der Waals surface area contributed by atoms with E-state index in [1.165, 1.54) is 17.4 Å². The zero-order valence-electron chi connectivity index (χ0n) is 16.1. The number of fused-ring (bicyclic) bond motifs is 3. The summed E-state index contributed by atoms with van der Waals surface area (Å²) in [7, 11) is 0. The molecule has 1 unspecified atom stereocenters. The van der Waals surface area contributed by atoms with Gasteiger partial charge in [-0.1, -0.05) is 12.1 Å². The first kappa shape index (κ1) is 19.5. The number of benzene rings is 1. The Kier molecular flexibility index (Phi) is 4.26. The van der Waals surface area contributed by atoms with Crippen LogP contribution in [0.25, 0.3) is 5.76 Å². The van der Waals surface area contributed by atoms with Crippen molar-refractivity contribution in [1.29, 1.82) is 0 Å². The lowest BCUT2D eigenvalue weighted by Crippen LogP contribution is -2.45. The molecule has 8 nitrogen and oxygen atoms in total. The summed E-state index contributed by atoms with van der Waals surface area (Å²) in [6, 6.07) is 4.87. The number of aromatic nitrogens is 1. The minimum Gasteiger partial charge on any atom is -0.511 e. The molecule has 3 aliphatic rings. The van der Waals surface area contributed by atoms with E-state index in [1.54, 1.807) is 23.7 Å². The van der Waals surface area contributed by atoms with E-state index >= 15 is 0 Å². The van der Waals surface area contributed by atoms with Crippen molar-refractivity contribution in [2.75, 3.05) is 0 Å². The Bertz CT molecular complexity index is 1210. The molecule has 158 valence electrons. The van der Waals surface area contributed by atoms with Gasteiger partial charge in [-0.15, -0.1) is 11.3 Å². The first-order chi connectivity index (χ1) is 14.8. The lowest BCUT2D eigenvalue weighted by Gasteiger charge is -2.43. The zero-order chi connectivity index (χ0) is 22.0. The number of primary amides is 1. The number of Topliss-reactive ketones (excluding diaryl/α,β-unsaturated/α-hetero) is 2. The number of hydrogen-bond acceptors (Lipinski definition) is 8. The number of aromatic hydroxyl groups is 1. The number of carbonyl (C=O) groups excluding carboxylic acids is 3. The van der Waals surface area contributed by atoms with Gasteiger partial charge in [0, 0.05) is 35.4 Å². The van der Waals surface area contributed by atoms with Crippen molar-refractivity contribution in [3.63, 3.8) is 0 Å². The maximum Gasteiger partial charge on any atom is 0.255 e. The number of nitrogens with two attached hydrogens (primary N) is 1. The third-order valence-corrected chi connectivity index (χ3v) is 7.35. The minimum absolute atomic E-state index is 0.0696. The number of carbonyl (C=O) groups is 3. The van der Waals surface area contributed by atoms with Crippen LogP contribution in [0.15, 0.2) is 46.7 Å². The van der Waals surface area contributed by atoms with E-state index in [9.17, 15) is 29.7 Å². The van der Waals surface area contributed by atoms with Crippen LogP contribution in [0.4, 0.5) is 0 Å². The van der Waals surface area contributed by atoms with Gasteiger partial charge in [-0.2, -0.15) is 0 Å². The maximum atomic E-state index is 13.6. The highest BCUT2D eigenvalue weighted by molar-refractivity contribution is 7.09. The Labute approximate surface area is 180 Å². The number of amides is 1. The summed E-state index contributed by atoms with van der Waals surface area (Å²) in [5.74, 6) is -5.97.